The predicted molar refractivity (Wildman–Crippen MR) is 328 cm³/mol. The van der Waals surface area contributed by atoms with E-state index in [0.29, 0.717) is 41.2 Å². The molecule has 0 spiro atoms. The lowest BCUT2D eigenvalue weighted by Crippen LogP contribution is -2.61. The Hall–Kier alpha value is -8.67. The van der Waals surface area contributed by atoms with E-state index in [2.05, 4.69) is 57.7 Å². The number of nitrogens with one attached hydrogen (secondary N) is 9. The first-order valence-corrected chi connectivity index (χ1v) is 29.7. The Balaban J connectivity index is 1.23. The van der Waals surface area contributed by atoms with Crippen LogP contribution in [0.5, 0.6) is 5.75 Å². The number of carbonyl (C=O) groups excluding carboxylic acids is 9. The second-order valence-corrected chi connectivity index (χ2v) is 22.6. The van der Waals surface area contributed by atoms with Gasteiger partial charge in [0.1, 0.15) is 48.0 Å². The largest absolute Gasteiger partial charge is 0.508 e. The van der Waals surface area contributed by atoms with Crippen molar-refractivity contribution in [3.05, 3.63) is 143 Å². The third kappa shape index (κ3) is 22.9. The summed E-state index contributed by atoms with van der Waals surface area (Å²) in [4.78, 5) is 131. The van der Waals surface area contributed by atoms with Gasteiger partial charge in [0, 0.05) is 69.7 Å². The molecule has 1 fully saturated rings. The zero-order valence-corrected chi connectivity index (χ0v) is 50.1. The molecule has 0 saturated carbocycles. The number of unbranched alkanes of at least 4 members (excludes halogenated alkanes) is 1. The fraction of sp³-hybridized carbons (Fsp3) is 0.429. The highest BCUT2D eigenvalue weighted by atomic mass is 35.5. The highest BCUT2D eigenvalue weighted by Gasteiger charge is 2.35. The lowest BCUT2D eigenvalue weighted by molar-refractivity contribution is -0.136. The van der Waals surface area contributed by atoms with Gasteiger partial charge in [-0.05, 0) is 121 Å². The quantitative estimate of drug-likeness (QED) is 0.0269. The molecule has 6 rings (SSSR count). The minimum Gasteiger partial charge on any atom is -0.508 e. The normalized spacial score (nSPS) is 14.6. The Bertz CT molecular complexity index is 3110. The van der Waals surface area contributed by atoms with E-state index in [1.165, 1.54) is 43.6 Å². The van der Waals surface area contributed by atoms with Gasteiger partial charge in [0.2, 0.25) is 47.3 Å². The maximum absolute atomic E-state index is 14.7. The standard InChI is InChI=1S/C63H81ClN12O11/c1-39(2)31-50(56(80)67-27-30-76-28-8-9-29-76)71-57(81)49(14-6-7-26-68-63(65)87)70-59(83)52(34-42-18-23-48(79)24-19-42)74-62(86)55(38-77)75-61(85)54(36-44-11-10-25-66-37-44)73-60(84)53(33-41-16-21-47(64)22-17-41)72-58(82)51(69-40(3)78)35-43-15-20-45-12-4-5-13-46(45)32-43/h4-5,10-13,15-25,32,37,39,49-55,77,79H,6-9,14,26-31,33-36,38H2,1-3H3,(H,67,80)(H,69,78)(H,70,83)(H,71,81)(H,72,82)(H,73,84)(H,74,86)(H,75,85)(H3,65,68,87)/t49-,50+,51-,52+,53-,54-,55+/m1/s1. The van der Waals surface area contributed by atoms with Crippen LogP contribution in [0.2, 0.25) is 5.02 Å². The smallest absolute Gasteiger partial charge is 0.312 e. The highest BCUT2D eigenvalue weighted by Crippen LogP contribution is 2.19. The third-order valence-electron chi connectivity index (χ3n) is 14.7. The van der Waals surface area contributed by atoms with E-state index in [1.54, 1.807) is 36.4 Å². The fourth-order valence-electron chi connectivity index (χ4n) is 10.1. The second-order valence-electron chi connectivity index (χ2n) is 22.2. The molecule has 1 aliphatic heterocycles. The summed E-state index contributed by atoms with van der Waals surface area (Å²) in [5.74, 6) is -6.07. The Morgan fingerprint density at radius 3 is 1.62 bits per heavy atom. The van der Waals surface area contributed by atoms with Crippen molar-refractivity contribution >= 4 is 75.7 Å². The molecule has 0 bridgehead atoms. The number of phenolic OH excluding ortho intramolecular Hbond substituents is 1. The minimum absolute atomic E-state index is 0.0215. The van der Waals surface area contributed by atoms with Crippen LogP contribution in [0, 0.1) is 5.92 Å². The first-order chi connectivity index (χ1) is 41.7. The van der Waals surface area contributed by atoms with Crippen molar-refractivity contribution in [1.82, 2.24) is 57.7 Å². The lowest BCUT2D eigenvalue weighted by atomic mass is 9.99. The number of aromatic hydroxyl groups is 1. The number of benzene rings is 4. The summed E-state index contributed by atoms with van der Waals surface area (Å²) < 4.78 is 0. The van der Waals surface area contributed by atoms with Crippen molar-refractivity contribution in [3.63, 3.8) is 0 Å². The molecule has 1 aromatic heterocycles. The molecule has 2 heterocycles. The van der Waals surface area contributed by atoms with Crippen LogP contribution >= 0.6 is 11.6 Å². The SMILES string of the molecule is CC(=O)N[C@H](Cc1ccc2ccccc2c1)C(=O)N[C@H](Cc1ccc(Cl)cc1)C(=O)N[C@H](Cc1cccnc1)C(=O)N[C@@H](CO)C(=O)N[C@@H](Cc1ccc(O)cc1)C(=O)N[C@H](CCCCNC(N)=O)C(=O)N[C@@H](CC(C)C)C(=O)NCCN1CCCC1. The van der Waals surface area contributed by atoms with Gasteiger partial charge in [0.25, 0.3) is 0 Å². The van der Waals surface area contributed by atoms with Gasteiger partial charge in [0.05, 0.1) is 6.61 Å². The summed E-state index contributed by atoms with van der Waals surface area (Å²) in [6.07, 6.45) is 5.61. The molecule has 1 saturated heterocycles. The molecule has 5 aromatic rings. The number of fused-ring (bicyclic) bond motifs is 1. The molecular weight excluding hydrogens is 1140 g/mol. The zero-order valence-electron chi connectivity index (χ0n) is 49.3. The van der Waals surface area contributed by atoms with E-state index in [-0.39, 0.29) is 63.2 Å². The Morgan fingerprint density at radius 1 is 0.552 bits per heavy atom. The lowest BCUT2D eigenvalue weighted by Gasteiger charge is -2.28. The van der Waals surface area contributed by atoms with Crippen molar-refractivity contribution in [1.29, 1.82) is 0 Å². The summed E-state index contributed by atoms with van der Waals surface area (Å²) in [6.45, 7) is 7.13. The predicted octanol–water partition coefficient (Wildman–Crippen LogP) is 2.37. The number of carbonyl (C=O) groups is 9. The van der Waals surface area contributed by atoms with Crippen LogP contribution < -0.4 is 53.6 Å². The number of rotatable bonds is 33. The molecule has 0 radical (unpaired) electrons. The van der Waals surface area contributed by atoms with Crippen LogP contribution in [0.15, 0.2) is 116 Å². The van der Waals surface area contributed by atoms with E-state index in [9.17, 15) is 53.4 Å². The minimum atomic E-state index is -1.75. The topological polar surface area (TPSA) is 345 Å². The molecule has 466 valence electrons. The second kappa shape index (κ2) is 34.5. The van der Waals surface area contributed by atoms with Crippen LogP contribution in [-0.2, 0) is 64.0 Å². The average Bonchev–Trinajstić information content (AvgIpc) is 3.63. The molecule has 87 heavy (non-hydrogen) atoms. The van der Waals surface area contributed by atoms with Gasteiger partial charge in [-0.15, -0.1) is 0 Å². The Kier molecular flexibility index (Phi) is 26.7. The number of aliphatic hydroxyl groups excluding tert-OH is 1. The molecule has 7 atom stereocenters. The molecule has 4 aromatic carbocycles. The first-order valence-electron chi connectivity index (χ1n) is 29.4. The number of aliphatic hydroxyl groups is 1. The number of hydrogen-bond acceptors (Lipinski definition) is 13. The van der Waals surface area contributed by atoms with Gasteiger partial charge >= 0.3 is 6.03 Å². The van der Waals surface area contributed by atoms with E-state index in [0.717, 1.165) is 42.3 Å². The van der Waals surface area contributed by atoms with Crippen LogP contribution in [0.4, 0.5) is 4.79 Å². The van der Waals surface area contributed by atoms with E-state index >= 15 is 0 Å². The number of halogens is 1. The summed E-state index contributed by atoms with van der Waals surface area (Å²) >= 11 is 6.21. The average molecular weight is 1220 g/mol. The number of hydrogen-bond donors (Lipinski definition) is 12. The molecule has 23 nitrogen and oxygen atoms in total. The number of urea groups is 1. The van der Waals surface area contributed by atoms with Gasteiger partial charge < -0.3 is 68.7 Å². The zero-order chi connectivity index (χ0) is 62.8. The van der Waals surface area contributed by atoms with Crippen molar-refractivity contribution in [3.8, 4) is 5.75 Å². The Morgan fingerprint density at radius 2 is 1.06 bits per heavy atom. The maximum atomic E-state index is 14.7. The van der Waals surface area contributed by atoms with Gasteiger partial charge in [-0.3, -0.25) is 43.3 Å². The fourth-order valence-corrected chi connectivity index (χ4v) is 10.2. The summed E-state index contributed by atoms with van der Waals surface area (Å²) in [6, 6.07) is 18.7. The van der Waals surface area contributed by atoms with Gasteiger partial charge in [-0.25, -0.2) is 4.79 Å². The van der Waals surface area contributed by atoms with Crippen molar-refractivity contribution < 1.29 is 53.4 Å². The van der Waals surface area contributed by atoms with E-state index < -0.39 is 102 Å². The molecule has 10 amide bonds. The van der Waals surface area contributed by atoms with Gasteiger partial charge in [0.15, 0.2) is 0 Å². The monoisotopic (exact) mass is 1220 g/mol. The highest BCUT2D eigenvalue weighted by molar-refractivity contribution is 6.30. The van der Waals surface area contributed by atoms with Crippen molar-refractivity contribution in [2.75, 3.05) is 39.3 Å². The third-order valence-corrected chi connectivity index (χ3v) is 14.9. The van der Waals surface area contributed by atoms with Crippen molar-refractivity contribution in [2.45, 2.75) is 127 Å². The number of phenols is 1. The van der Waals surface area contributed by atoms with Crippen LogP contribution in [0.1, 0.15) is 81.5 Å². The number of likely N-dealkylation sites (tertiary alicyclic amines) is 1. The number of aromatic nitrogens is 1. The number of nitrogens with two attached hydrogens (primary N) is 1. The molecule has 0 unspecified atom stereocenters. The van der Waals surface area contributed by atoms with Crippen molar-refractivity contribution in [2.24, 2.45) is 11.7 Å². The number of nitrogens with zero attached hydrogens (tertiary/aromatic N) is 2. The van der Waals surface area contributed by atoms with Crippen LogP contribution in [0.25, 0.3) is 10.8 Å². The van der Waals surface area contributed by atoms with Crippen LogP contribution in [-0.4, -0.2) is 155 Å². The number of pyridine rings is 1. The molecular formula is C63H81ClN12O11. The molecule has 1 aliphatic rings. The Labute approximate surface area is 511 Å². The molecule has 24 heteroatoms. The van der Waals surface area contributed by atoms with Gasteiger partial charge in [-0.2, -0.15) is 0 Å². The van der Waals surface area contributed by atoms with Crippen LogP contribution in [0.3, 0.4) is 0 Å². The molecule has 13 N–H and O–H groups in total. The summed E-state index contributed by atoms with van der Waals surface area (Å²) in [5.41, 5.74) is 7.50. The molecule has 0 aliphatic carbocycles. The number of amides is 10. The van der Waals surface area contributed by atoms with Gasteiger partial charge in [-0.1, -0.05) is 98.2 Å². The van der Waals surface area contributed by atoms with E-state index in [1.807, 2.05) is 56.3 Å². The summed E-state index contributed by atoms with van der Waals surface area (Å²) in [5, 5.41) is 47.6. The van der Waals surface area contributed by atoms with E-state index in [4.69, 9.17) is 17.3 Å². The summed E-state index contributed by atoms with van der Waals surface area (Å²) in [7, 11) is 0. The number of primary amides is 1. The first kappa shape index (κ1) is 67.5. The maximum Gasteiger partial charge on any atom is 0.312 e.